The first-order valence-electron chi connectivity index (χ1n) is 3.03. The van der Waals surface area contributed by atoms with E-state index in [2.05, 4.69) is 22.6 Å². The number of hydrogen-bond donors (Lipinski definition) is 0. The van der Waals surface area contributed by atoms with Crippen LogP contribution in [0.2, 0.25) is 0 Å². The lowest BCUT2D eigenvalue weighted by Crippen LogP contribution is -1.87. The Bertz CT molecular complexity index is 232. The summed E-state index contributed by atoms with van der Waals surface area (Å²) < 4.78 is 13.6. The van der Waals surface area contributed by atoms with Crippen molar-refractivity contribution in [1.29, 1.82) is 0 Å². The van der Waals surface area contributed by atoms with Crippen LogP contribution in [-0.4, -0.2) is 0 Å². The predicted octanol–water partition coefficient (Wildman–Crippen LogP) is 3.05. The fourth-order valence-electron chi connectivity index (χ4n) is 0.774. The smallest absolute Gasteiger partial charge is 0.124 e. The van der Waals surface area contributed by atoms with Crippen LogP contribution in [-0.2, 0) is 0 Å². The van der Waals surface area contributed by atoms with Crippen molar-refractivity contribution < 1.29 is 4.39 Å². The lowest BCUT2D eigenvalue weighted by Gasteiger charge is -2.01. The van der Waals surface area contributed by atoms with Gasteiger partial charge in [0, 0.05) is 3.57 Å². The summed E-state index contributed by atoms with van der Waals surface area (Å²) in [5.74, 6) is -0.146. The zero-order chi connectivity index (χ0) is 7.72. The molecule has 2 heteroatoms. The normalized spacial score (nSPS) is 10.0. The van der Waals surface area contributed by atoms with Gasteiger partial charge in [0.15, 0.2) is 0 Å². The second-order valence-corrected chi connectivity index (χ2v) is 3.49. The summed E-state index contributed by atoms with van der Waals surface area (Å²) in [7, 11) is 0. The van der Waals surface area contributed by atoms with Crippen LogP contribution in [0.25, 0.3) is 0 Å². The minimum Gasteiger partial charge on any atom is -0.207 e. The average Bonchev–Trinajstić information content (AvgIpc) is 1.82. The lowest BCUT2D eigenvalue weighted by atomic mass is 10.1. The zero-order valence-electron chi connectivity index (χ0n) is 5.91. The first kappa shape index (κ1) is 7.98. The number of rotatable bonds is 0. The number of hydrogen-bond acceptors (Lipinski definition) is 0. The maximum absolute atomic E-state index is 12.6. The van der Waals surface area contributed by atoms with Crippen molar-refractivity contribution in [2.75, 3.05) is 0 Å². The molecule has 0 saturated heterocycles. The molecule has 0 nitrogen and oxygen atoms in total. The maximum Gasteiger partial charge on any atom is 0.124 e. The molecule has 1 aromatic rings. The van der Waals surface area contributed by atoms with Gasteiger partial charge in [0.25, 0.3) is 0 Å². The minimum absolute atomic E-state index is 0.146. The molecule has 0 aromatic heterocycles. The van der Waals surface area contributed by atoms with Crippen molar-refractivity contribution in [2.24, 2.45) is 0 Å². The summed E-state index contributed by atoms with van der Waals surface area (Å²) in [5.41, 5.74) is 2.19. The first-order chi connectivity index (χ1) is 4.61. The molecule has 54 valence electrons. The molecule has 0 saturated carbocycles. The third-order valence-electron chi connectivity index (χ3n) is 1.57. The molecule has 0 aliphatic carbocycles. The van der Waals surface area contributed by atoms with Gasteiger partial charge in [0.2, 0.25) is 0 Å². The highest BCUT2D eigenvalue weighted by Crippen LogP contribution is 2.16. The second-order valence-electron chi connectivity index (χ2n) is 2.33. The molecule has 0 aliphatic heterocycles. The van der Waals surface area contributed by atoms with Crippen LogP contribution >= 0.6 is 22.6 Å². The van der Waals surface area contributed by atoms with Gasteiger partial charge in [0.1, 0.15) is 5.82 Å². The molecule has 0 aliphatic rings. The van der Waals surface area contributed by atoms with Crippen LogP contribution in [0.4, 0.5) is 4.39 Å². The molecule has 1 aromatic carbocycles. The maximum atomic E-state index is 12.6. The lowest BCUT2D eigenvalue weighted by molar-refractivity contribution is 0.625. The van der Waals surface area contributed by atoms with Crippen LogP contribution in [0, 0.1) is 23.2 Å². The molecule has 0 spiro atoms. The fourth-order valence-corrected chi connectivity index (χ4v) is 1.50. The highest BCUT2D eigenvalue weighted by Gasteiger charge is 1.99. The molecular formula is C8H8FI. The largest absolute Gasteiger partial charge is 0.207 e. The number of aryl methyl sites for hydroxylation is 1. The van der Waals surface area contributed by atoms with Crippen LogP contribution in [0.15, 0.2) is 12.1 Å². The molecule has 0 radical (unpaired) electrons. The molecule has 0 unspecified atom stereocenters. The monoisotopic (exact) mass is 250 g/mol. The third-order valence-corrected chi connectivity index (χ3v) is 2.69. The van der Waals surface area contributed by atoms with E-state index >= 15 is 0 Å². The molecule has 10 heavy (non-hydrogen) atoms. The molecular weight excluding hydrogens is 242 g/mol. The van der Waals surface area contributed by atoms with E-state index in [1.807, 2.05) is 13.8 Å². The minimum atomic E-state index is -0.146. The van der Waals surface area contributed by atoms with Crippen LogP contribution in [0.3, 0.4) is 0 Å². The molecule has 0 atom stereocenters. The second kappa shape index (κ2) is 2.86. The Morgan fingerprint density at radius 1 is 1.30 bits per heavy atom. The Morgan fingerprint density at radius 2 is 1.90 bits per heavy atom. The van der Waals surface area contributed by atoms with Crippen molar-refractivity contribution in [2.45, 2.75) is 13.8 Å². The molecule has 0 heterocycles. The van der Waals surface area contributed by atoms with Gasteiger partial charge < -0.3 is 0 Å². The molecule has 1 rings (SSSR count). The number of halogens is 2. The Kier molecular flexibility index (Phi) is 2.28. The van der Waals surface area contributed by atoms with E-state index in [0.29, 0.717) is 0 Å². The SMILES string of the molecule is Cc1cc(F)cc(I)c1C. The van der Waals surface area contributed by atoms with Crippen molar-refractivity contribution in [3.05, 3.63) is 32.6 Å². The summed E-state index contributed by atoms with van der Waals surface area (Å²) >= 11 is 2.14. The molecule has 0 N–H and O–H groups in total. The van der Waals surface area contributed by atoms with E-state index < -0.39 is 0 Å². The average molecular weight is 250 g/mol. The summed E-state index contributed by atoms with van der Waals surface area (Å²) in [6, 6.07) is 3.10. The molecule has 0 amide bonds. The number of benzene rings is 1. The Hall–Kier alpha value is -0.120. The van der Waals surface area contributed by atoms with E-state index in [9.17, 15) is 4.39 Å². The zero-order valence-corrected chi connectivity index (χ0v) is 8.07. The van der Waals surface area contributed by atoms with Crippen molar-refractivity contribution in [3.8, 4) is 0 Å². The van der Waals surface area contributed by atoms with E-state index in [1.54, 1.807) is 12.1 Å². The van der Waals surface area contributed by atoms with Gasteiger partial charge in [-0.2, -0.15) is 0 Å². The van der Waals surface area contributed by atoms with Crippen molar-refractivity contribution in [3.63, 3.8) is 0 Å². The van der Waals surface area contributed by atoms with Gasteiger partial charge >= 0.3 is 0 Å². The fraction of sp³-hybridized carbons (Fsp3) is 0.250. The van der Waals surface area contributed by atoms with E-state index in [1.165, 1.54) is 5.56 Å². The van der Waals surface area contributed by atoms with Gasteiger partial charge in [-0.05, 0) is 59.7 Å². The standard InChI is InChI=1S/C8H8FI/c1-5-3-7(9)4-8(10)6(5)2/h3-4H,1-2H3. The van der Waals surface area contributed by atoms with Gasteiger partial charge in [-0.3, -0.25) is 0 Å². The van der Waals surface area contributed by atoms with Crippen molar-refractivity contribution in [1.82, 2.24) is 0 Å². The van der Waals surface area contributed by atoms with Gasteiger partial charge in [-0.25, -0.2) is 4.39 Å². The highest BCUT2D eigenvalue weighted by molar-refractivity contribution is 14.1. The topological polar surface area (TPSA) is 0 Å². The van der Waals surface area contributed by atoms with Gasteiger partial charge in [-0.1, -0.05) is 0 Å². The van der Waals surface area contributed by atoms with E-state index in [0.717, 1.165) is 9.13 Å². The Morgan fingerprint density at radius 3 is 2.40 bits per heavy atom. The molecule has 0 bridgehead atoms. The summed E-state index contributed by atoms with van der Waals surface area (Å²) in [4.78, 5) is 0. The van der Waals surface area contributed by atoms with Crippen LogP contribution in [0.1, 0.15) is 11.1 Å². The summed E-state index contributed by atoms with van der Waals surface area (Å²) in [6.45, 7) is 3.91. The highest BCUT2D eigenvalue weighted by atomic mass is 127. The summed E-state index contributed by atoms with van der Waals surface area (Å²) in [5, 5.41) is 0. The van der Waals surface area contributed by atoms with Gasteiger partial charge in [0.05, 0.1) is 0 Å². The van der Waals surface area contributed by atoms with Crippen LogP contribution in [0.5, 0.6) is 0 Å². The van der Waals surface area contributed by atoms with Crippen molar-refractivity contribution >= 4 is 22.6 Å². The predicted molar refractivity (Wildman–Crippen MR) is 48.6 cm³/mol. The summed E-state index contributed by atoms with van der Waals surface area (Å²) in [6.07, 6.45) is 0. The third kappa shape index (κ3) is 1.48. The van der Waals surface area contributed by atoms with Gasteiger partial charge in [-0.15, -0.1) is 0 Å². The Balaban J connectivity index is 3.31. The Labute approximate surface area is 73.6 Å². The van der Waals surface area contributed by atoms with E-state index in [4.69, 9.17) is 0 Å². The van der Waals surface area contributed by atoms with Crippen LogP contribution < -0.4 is 0 Å². The molecule has 0 fully saturated rings. The van der Waals surface area contributed by atoms with E-state index in [-0.39, 0.29) is 5.82 Å². The first-order valence-corrected chi connectivity index (χ1v) is 4.11. The quantitative estimate of drug-likeness (QED) is 0.621.